The highest BCUT2D eigenvalue weighted by atomic mass is 32.2. The highest BCUT2D eigenvalue weighted by molar-refractivity contribution is 7.90. The summed E-state index contributed by atoms with van der Waals surface area (Å²) in [6.07, 6.45) is 0.198. The Bertz CT molecular complexity index is 1000. The Kier molecular flexibility index (Phi) is 5.38. The molecule has 7 nitrogen and oxygen atoms in total. The van der Waals surface area contributed by atoms with Crippen LogP contribution in [0.5, 0.6) is 0 Å². The second-order valence-corrected chi connectivity index (χ2v) is 10.2. The Morgan fingerprint density at radius 3 is 2.24 bits per heavy atom. The smallest absolute Gasteiger partial charge is 0.282 e. The number of sulfonamides is 1. The average Bonchev–Trinajstić information content (AvgIpc) is 2.87. The van der Waals surface area contributed by atoms with Crippen molar-refractivity contribution in [1.29, 1.82) is 0 Å². The van der Waals surface area contributed by atoms with Crippen LogP contribution >= 0.6 is 11.3 Å². The van der Waals surface area contributed by atoms with E-state index in [1.807, 2.05) is 13.8 Å². The molecule has 10 heteroatoms. The number of carbonyl (C=O) groups excluding carboxylic acids is 1. The molecule has 0 radical (unpaired) electrons. The van der Waals surface area contributed by atoms with Gasteiger partial charge in [-0.05, 0) is 32.0 Å². The maximum Gasteiger partial charge on any atom is 0.294 e. The topological polar surface area (TPSA) is 109 Å². The number of benzene rings is 1. The molecular weight excluding hydrogens is 386 g/mol. The third-order valence-electron chi connectivity index (χ3n) is 3.51. The molecule has 1 aliphatic heterocycles. The molecule has 0 atom stereocenters. The molecule has 1 aromatic heterocycles. The van der Waals surface area contributed by atoms with Crippen LogP contribution in [0.2, 0.25) is 0 Å². The minimum atomic E-state index is -4.02. The molecule has 0 unspecified atom stereocenters. The molecule has 0 saturated carbocycles. The van der Waals surface area contributed by atoms with Crippen LogP contribution in [0.4, 0.5) is 0 Å². The highest BCUT2D eigenvalue weighted by Crippen LogP contribution is 2.32. The molecule has 25 heavy (non-hydrogen) atoms. The van der Waals surface area contributed by atoms with E-state index in [0.29, 0.717) is 9.77 Å². The monoisotopic (exact) mass is 403 g/mol. The Balaban J connectivity index is 0.000000186. The lowest BCUT2D eigenvalue weighted by Gasteiger charge is -2.21. The fraction of sp³-hybridized carbons (Fsp3) is 0.267. The van der Waals surface area contributed by atoms with Crippen molar-refractivity contribution in [1.82, 2.24) is 4.31 Å². The predicted octanol–water partition coefficient (Wildman–Crippen LogP) is 2.00. The number of likely N-dealkylation sites (N-methyl/N-ethyl adjacent to an activating group) is 1. The van der Waals surface area contributed by atoms with Crippen molar-refractivity contribution in [3.63, 3.8) is 0 Å². The summed E-state index contributed by atoms with van der Waals surface area (Å²) in [6, 6.07) is 7.61. The summed E-state index contributed by atoms with van der Waals surface area (Å²) < 4.78 is 53.9. The van der Waals surface area contributed by atoms with Gasteiger partial charge in [0.1, 0.15) is 4.90 Å². The Morgan fingerprint density at radius 1 is 1.16 bits per heavy atom. The molecule has 1 amide bonds. The van der Waals surface area contributed by atoms with Gasteiger partial charge in [-0.25, -0.2) is 12.7 Å². The van der Waals surface area contributed by atoms with Crippen molar-refractivity contribution in [2.24, 2.45) is 0 Å². The molecule has 0 bridgehead atoms. The van der Waals surface area contributed by atoms with Gasteiger partial charge in [-0.3, -0.25) is 9.35 Å². The quantitative estimate of drug-likeness (QED) is 0.730. The van der Waals surface area contributed by atoms with Crippen molar-refractivity contribution in [3.8, 4) is 0 Å². The van der Waals surface area contributed by atoms with Crippen LogP contribution in [0.15, 0.2) is 40.1 Å². The summed E-state index contributed by atoms with van der Waals surface area (Å²) in [4.78, 5) is 13.1. The average molecular weight is 404 g/mol. The predicted molar refractivity (Wildman–Crippen MR) is 93.7 cm³/mol. The number of thiophene rings is 1. The Morgan fingerprint density at radius 2 is 1.72 bits per heavy atom. The van der Waals surface area contributed by atoms with Gasteiger partial charge in [0.05, 0.1) is 11.3 Å². The first kappa shape index (κ1) is 19.6. The zero-order chi connectivity index (χ0) is 19.0. The second-order valence-electron chi connectivity index (χ2n) is 5.48. The maximum absolute atomic E-state index is 11.7. The van der Waals surface area contributed by atoms with Gasteiger partial charge in [0.15, 0.2) is 0 Å². The highest BCUT2D eigenvalue weighted by Gasteiger charge is 2.35. The standard InChI is InChI=1S/C8H9NO3S2.C7H8O3S/c1-5-3-7-6(13-5)4-8(10)9(2)14(7,11)12;1-6-2-4-7(5-3-6)11(8,9)10/h3H,4H2,1-2H3;2-5H,1H3,(H,8,9,10). The van der Waals surface area contributed by atoms with E-state index >= 15 is 0 Å². The molecular formula is C15H17NO6S3. The van der Waals surface area contributed by atoms with Crippen molar-refractivity contribution >= 4 is 37.4 Å². The van der Waals surface area contributed by atoms with Gasteiger partial charge in [-0.15, -0.1) is 11.3 Å². The maximum atomic E-state index is 11.7. The number of aryl methyl sites for hydroxylation is 2. The normalized spacial score (nSPS) is 16.0. The van der Waals surface area contributed by atoms with Crippen molar-refractivity contribution in [2.45, 2.75) is 30.1 Å². The van der Waals surface area contributed by atoms with E-state index < -0.39 is 20.1 Å². The second kappa shape index (κ2) is 6.87. The van der Waals surface area contributed by atoms with Crippen LogP contribution in [0.25, 0.3) is 0 Å². The summed E-state index contributed by atoms with van der Waals surface area (Å²) >= 11 is 1.37. The lowest BCUT2D eigenvalue weighted by molar-refractivity contribution is -0.125. The summed E-state index contributed by atoms with van der Waals surface area (Å²) in [5, 5.41) is 0. The van der Waals surface area contributed by atoms with Crippen LogP contribution in [-0.2, 0) is 31.4 Å². The number of fused-ring (bicyclic) bond motifs is 1. The van der Waals surface area contributed by atoms with E-state index in [2.05, 4.69) is 0 Å². The lowest BCUT2D eigenvalue weighted by atomic mass is 10.2. The van der Waals surface area contributed by atoms with E-state index in [1.54, 1.807) is 18.2 Å². The van der Waals surface area contributed by atoms with Gasteiger partial charge in [0.2, 0.25) is 5.91 Å². The summed E-state index contributed by atoms with van der Waals surface area (Å²) in [6.45, 7) is 3.68. The SMILES string of the molecule is Cc1cc2c(s1)CC(=O)N(C)S2(=O)=O.Cc1ccc(S(=O)(=O)O)cc1. The number of rotatable bonds is 1. The van der Waals surface area contributed by atoms with Gasteiger partial charge in [0, 0.05) is 16.8 Å². The van der Waals surface area contributed by atoms with Crippen LogP contribution in [0, 0.1) is 13.8 Å². The minimum Gasteiger partial charge on any atom is -0.282 e. The van der Waals surface area contributed by atoms with Crippen LogP contribution in [-0.4, -0.2) is 38.6 Å². The van der Waals surface area contributed by atoms with Gasteiger partial charge >= 0.3 is 0 Å². The van der Waals surface area contributed by atoms with Gasteiger partial charge in [-0.2, -0.15) is 8.42 Å². The molecule has 1 aliphatic rings. The molecule has 1 aromatic carbocycles. The van der Waals surface area contributed by atoms with Crippen LogP contribution < -0.4 is 0 Å². The largest absolute Gasteiger partial charge is 0.294 e. The molecule has 0 fully saturated rings. The molecule has 2 aromatic rings. The summed E-state index contributed by atoms with van der Waals surface area (Å²) in [7, 11) is -6.28. The first-order chi connectivity index (χ1) is 11.4. The van der Waals surface area contributed by atoms with E-state index in [4.69, 9.17) is 4.55 Å². The minimum absolute atomic E-state index is 0.0666. The molecule has 0 aliphatic carbocycles. The molecule has 1 N–H and O–H groups in total. The zero-order valence-corrected chi connectivity index (χ0v) is 16.2. The van der Waals surface area contributed by atoms with Crippen molar-refractivity contribution in [3.05, 3.63) is 45.6 Å². The third-order valence-corrected chi connectivity index (χ3v) is 7.41. The fourth-order valence-corrected chi connectivity index (χ4v) is 5.35. The van der Waals surface area contributed by atoms with E-state index in [0.717, 1.165) is 14.7 Å². The summed E-state index contributed by atoms with van der Waals surface area (Å²) in [5.74, 6) is -0.362. The van der Waals surface area contributed by atoms with Crippen molar-refractivity contribution < 1.29 is 26.2 Å². The Hall–Kier alpha value is -1.75. The first-order valence-electron chi connectivity index (χ1n) is 7.08. The molecule has 0 saturated heterocycles. The molecule has 3 rings (SSSR count). The van der Waals surface area contributed by atoms with Crippen LogP contribution in [0.3, 0.4) is 0 Å². The zero-order valence-electron chi connectivity index (χ0n) is 13.8. The molecule has 0 spiro atoms. The number of hydrogen-bond acceptors (Lipinski definition) is 6. The third kappa shape index (κ3) is 4.27. The van der Waals surface area contributed by atoms with Crippen LogP contribution in [0.1, 0.15) is 15.3 Å². The van der Waals surface area contributed by atoms with E-state index in [-0.39, 0.29) is 17.2 Å². The van der Waals surface area contributed by atoms with E-state index in [1.165, 1.54) is 30.5 Å². The van der Waals surface area contributed by atoms with Gasteiger partial charge in [0.25, 0.3) is 20.1 Å². The van der Waals surface area contributed by atoms with Crippen molar-refractivity contribution in [2.75, 3.05) is 7.05 Å². The van der Waals surface area contributed by atoms with Gasteiger partial charge in [-0.1, -0.05) is 17.7 Å². The van der Waals surface area contributed by atoms with E-state index in [9.17, 15) is 21.6 Å². The number of hydrogen-bond donors (Lipinski definition) is 1. The number of carbonyl (C=O) groups is 1. The van der Waals surface area contributed by atoms with Gasteiger partial charge < -0.3 is 0 Å². The number of nitrogens with zero attached hydrogens (tertiary/aromatic N) is 1. The fourth-order valence-electron chi connectivity index (χ4n) is 2.12. The number of amides is 1. The first-order valence-corrected chi connectivity index (χ1v) is 10.8. The Labute approximate surface area is 150 Å². The lowest BCUT2D eigenvalue weighted by Crippen LogP contribution is -2.38. The molecule has 136 valence electrons. The molecule has 2 heterocycles. The summed E-state index contributed by atoms with van der Waals surface area (Å²) in [5.41, 5.74) is 0.956.